The Balaban J connectivity index is 3.46. The number of rotatable bonds is 9. The molecule has 0 aromatic rings. The third-order valence-electron chi connectivity index (χ3n) is 3.36. The molecule has 0 fully saturated rings. The van der Waals surface area contributed by atoms with Gasteiger partial charge in [-0.2, -0.15) is 0 Å². The van der Waals surface area contributed by atoms with Gasteiger partial charge in [-0.05, 0) is 24.7 Å². The van der Waals surface area contributed by atoms with Gasteiger partial charge in [-0.3, -0.25) is 0 Å². The van der Waals surface area contributed by atoms with E-state index >= 15 is 0 Å². The summed E-state index contributed by atoms with van der Waals surface area (Å²) in [6.45, 7) is 10.8. The third kappa shape index (κ3) is 7.17. The van der Waals surface area contributed by atoms with Crippen molar-refractivity contribution in [2.75, 3.05) is 0 Å². The van der Waals surface area contributed by atoms with Crippen molar-refractivity contribution in [2.24, 2.45) is 11.8 Å². The summed E-state index contributed by atoms with van der Waals surface area (Å²) >= 11 is 0. The first-order valence-electron chi connectivity index (χ1n) is 6.35. The molecule has 0 nitrogen and oxygen atoms in total. The van der Waals surface area contributed by atoms with E-state index in [-0.39, 0.29) is 0 Å². The van der Waals surface area contributed by atoms with Crippen LogP contribution in [0.15, 0.2) is 12.7 Å². The Kier molecular flexibility index (Phi) is 9.13. The highest BCUT2D eigenvalue weighted by molar-refractivity contribution is 4.69. The van der Waals surface area contributed by atoms with Crippen molar-refractivity contribution >= 4 is 0 Å². The minimum Gasteiger partial charge on any atom is -0.103 e. The second-order valence-electron chi connectivity index (χ2n) is 4.58. The van der Waals surface area contributed by atoms with Crippen molar-refractivity contribution in [3.05, 3.63) is 12.7 Å². The van der Waals surface area contributed by atoms with Gasteiger partial charge in [0.25, 0.3) is 0 Å². The molecular weight excluding hydrogens is 168 g/mol. The first-order chi connectivity index (χ1) is 6.74. The van der Waals surface area contributed by atoms with Gasteiger partial charge in [-0.1, -0.05) is 59.0 Å². The Morgan fingerprint density at radius 1 is 1.07 bits per heavy atom. The van der Waals surface area contributed by atoms with Gasteiger partial charge in [-0.15, -0.1) is 6.58 Å². The summed E-state index contributed by atoms with van der Waals surface area (Å²) in [5.41, 5.74) is 0. The Hall–Kier alpha value is -0.260. The second kappa shape index (κ2) is 9.30. The normalized spacial score (nSPS) is 15.1. The van der Waals surface area contributed by atoms with Gasteiger partial charge in [0, 0.05) is 0 Å². The standard InChI is InChI=1S/C14H28/c1-5-8-11-14(7-3)12-9-10-13(4)6-2/h5,13-14H,1,6-12H2,2-4H3. The molecule has 0 rings (SSSR count). The summed E-state index contributed by atoms with van der Waals surface area (Å²) in [5.74, 6) is 1.86. The van der Waals surface area contributed by atoms with E-state index in [9.17, 15) is 0 Å². The van der Waals surface area contributed by atoms with Crippen molar-refractivity contribution < 1.29 is 0 Å². The van der Waals surface area contributed by atoms with Crippen LogP contribution in [0.2, 0.25) is 0 Å². The largest absolute Gasteiger partial charge is 0.103 e. The molecule has 0 aromatic heterocycles. The lowest BCUT2D eigenvalue weighted by Crippen LogP contribution is -2.00. The van der Waals surface area contributed by atoms with Gasteiger partial charge in [0.05, 0.1) is 0 Å². The number of allylic oxidation sites excluding steroid dienone is 1. The van der Waals surface area contributed by atoms with Crippen LogP contribution in [0.5, 0.6) is 0 Å². The first-order valence-corrected chi connectivity index (χ1v) is 6.35. The molecule has 0 aliphatic carbocycles. The van der Waals surface area contributed by atoms with Gasteiger partial charge < -0.3 is 0 Å². The molecule has 0 amide bonds. The molecular formula is C14H28. The van der Waals surface area contributed by atoms with Crippen molar-refractivity contribution in [3.63, 3.8) is 0 Å². The van der Waals surface area contributed by atoms with E-state index in [0.717, 1.165) is 11.8 Å². The lowest BCUT2D eigenvalue weighted by Gasteiger charge is -2.15. The topological polar surface area (TPSA) is 0 Å². The monoisotopic (exact) mass is 196 g/mol. The lowest BCUT2D eigenvalue weighted by atomic mass is 9.91. The second-order valence-corrected chi connectivity index (χ2v) is 4.58. The highest BCUT2D eigenvalue weighted by Crippen LogP contribution is 2.21. The molecule has 84 valence electrons. The minimum absolute atomic E-state index is 0.923. The third-order valence-corrected chi connectivity index (χ3v) is 3.36. The van der Waals surface area contributed by atoms with Crippen LogP contribution in [-0.4, -0.2) is 0 Å². The molecule has 0 N–H and O–H groups in total. The fourth-order valence-corrected chi connectivity index (χ4v) is 1.87. The Morgan fingerprint density at radius 2 is 1.79 bits per heavy atom. The van der Waals surface area contributed by atoms with Crippen molar-refractivity contribution in [1.82, 2.24) is 0 Å². The maximum Gasteiger partial charge on any atom is -0.0351 e. The smallest absolute Gasteiger partial charge is 0.0351 e. The highest BCUT2D eigenvalue weighted by atomic mass is 14.1. The molecule has 0 aromatic carbocycles. The number of hydrogen-bond donors (Lipinski definition) is 0. The molecule has 2 unspecified atom stereocenters. The van der Waals surface area contributed by atoms with E-state index in [1.807, 2.05) is 0 Å². The van der Waals surface area contributed by atoms with E-state index in [1.165, 1.54) is 44.9 Å². The average molecular weight is 196 g/mol. The SMILES string of the molecule is C=CCCC(CC)CCCC(C)CC. The molecule has 0 radical (unpaired) electrons. The molecule has 0 bridgehead atoms. The molecule has 0 spiro atoms. The zero-order valence-electron chi connectivity index (χ0n) is 10.4. The lowest BCUT2D eigenvalue weighted by molar-refractivity contribution is 0.391. The van der Waals surface area contributed by atoms with Crippen molar-refractivity contribution in [2.45, 2.75) is 65.7 Å². The quantitative estimate of drug-likeness (QED) is 0.445. The van der Waals surface area contributed by atoms with E-state index in [4.69, 9.17) is 0 Å². The predicted molar refractivity (Wildman–Crippen MR) is 66.5 cm³/mol. The first kappa shape index (κ1) is 13.7. The van der Waals surface area contributed by atoms with Gasteiger partial charge in [0.1, 0.15) is 0 Å². The van der Waals surface area contributed by atoms with Crippen LogP contribution in [-0.2, 0) is 0 Å². The molecule has 0 saturated heterocycles. The van der Waals surface area contributed by atoms with Crippen LogP contribution in [0, 0.1) is 11.8 Å². The molecule has 0 saturated carbocycles. The maximum atomic E-state index is 3.79. The summed E-state index contributed by atoms with van der Waals surface area (Å²) in [6, 6.07) is 0. The van der Waals surface area contributed by atoms with Crippen molar-refractivity contribution in [3.8, 4) is 0 Å². The molecule has 0 heterocycles. The molecule has 0 heteroatoms. The van der Waals surface area contributed by atoms with Gasteiger partial charge in [0.15, 0.2) is 0 Å². The van der Waals surface area contributed by atoms with Gasteiger partial charge in [-0.25, -0.2) is 0 Å². The van der Waals surface area contributed by atoms with Crippen LogP contribution in [0.3, 0.4) is 0 Å². The zero-order valence-corrected chi connectivity index (χ0v) is 10.4. The zero-order chi connectivity index (χ0) is 10.8. The fraction of sp³-hybridized carbons (Fsp3) is 0.857. The summed E-state index contributed by atoms with van der Waals surface area (Å²) in [7, 11) is 0. The van der Waals surface area contributed by atoms with Gasteiger partial charge in [0.2, 0.25) is 0 Å². The maximum absolute atomic E-state index is 3.79. The summed E-state index contributed by atoms with van der Waals surface area (Å²) in [4.78, 5) is 0. The van der Waals surface area contributed by atoms with E-state index in [2.05, 4.69) is 33.4 Å². The summed E-state index contributed by atoms with van der Waals surface area (Å²) in [6.07, 6.45) is 11.5. The molecule has 0 aliphatic rings. The predicted octanol–water partition coefficient (Wildman–Crippen LogP) is 5.20. The Bertz CT molecular complexity index is 126. The van der Waals surface area contributed by atoms with E-state index in [1.54, 1.807) is 0 Å². The summed E-state index contributed by atoms with van der Waals surface area (Å²) < 4.78 is 0. The van der Waals surface area contributed by atoms with Crippen LogP contribution >= 0.6 is 0 Å². The fourth-order valence-electron chi connectivity index (χ4n) is 1.87. The van der Waals surface area contributed by atoms with Crippen LogP contribution < -0.4 is 0 Å². The average Bonchev–Trinajstić information content (AvgIpc) is 2.22. The van der Waals surface area contributed by atoms with Crippen LogP contribution in [0.25, 0.3) is 0 Å². The summed E-state index contributed by atoms with van der Waals surface area (Å²) in [5, 5.41) is 0. The van der Waals surface area contributed by atoms with Crippen LogP contribution in [0.1, 0.15) is 65.7 Å². The number of hydrogen-bond acceptors (Lipinski definition) is 0. The van der Waals surface area contributed by atoms with Gasteiger partial charge >= 0.3 is 0 Å². The molecule has 2 atom stereocenters. The van der Waals surface area contributed by atoms with Crippen molar-refractivity contribution in [1.29, 1.82) is 0 Å². The van der Waals surface area contributed by atoms with E-state index < -0.39 is 0 Å². The Morgan fingerprint density at radius 3 is 2.29 bits per heavy atom. The Labute approximate surface area is 90.8 Å². The van der Waals surface area contributed by atoms with E-state index in [0.29, 0.717) is 0 Å². The minimum atomic E-state index is 0.923. The molecule has 14 heavy (non-hydrogen) atoms. The molecule has 0 aliphatic heterocycles. The van der Waals surface area contributed by atoms with Crippen LogP contribution in [0.4, 0.5) is 0 Å². The highest BCUT2D eigenvalue weighted by Gasteiger charge is 2.06.